The van der Waals surface area contributed by atoms with E-state index in [0.717, 1.165) is 0 Å². The highest BCUT2D eigenvalue weighted by Gasteiger charge is 2.27. The molecule has 1 aromatic carbocycles. The van der Waals surface area contributed by atoms with Crippen molar-refractivity contribution in [2.75, 3.05) is 6.54 Å². The van der Waals surface area contributed by atoms with Gasteiger partial charge in [-0.2, -0.15) is 0 Å². The lowest BCUT2D eigenvalue weighted by molar-refractivity contribution is -0.143. The molecule has 1 rings (SSSR count). The van der Waals surface area contributed by atoms with E-state index in [1.807, 2.05) is 0 Å². The van der Waals surface area contributed by atoms with Gasteiger partial charge in [0.1, 0.15) is 12.1 Å². The zero-order chi connectivity index (χ0) is 25.7. The predicted octanol–water partition coefficient (Wildman–Crippen LogP) is -2.14. The molecule has 34 heavy (non-hydrogen) atoms. The van der Waals surface area contributed by atoms with Crippen LogP contribution < -0.4 is 27.4 Å². The van der Waals surface area contributed by atoms with Crippen LogP contribution in [0, 0.1) is 0 Å². The summed E-state index contributed by atoms with van der Waals surface area (Å²) < 4.78 is 0. The number of hydrogen-bond donors (Lipinski definition) is 7. The first-order chi connectivity index (χ1) is 16.0. The summed E-state index contributed by atoms with van der Waals surface area (Å²) in [5.74, 6) is -5.54. The zero-order valence-corrected chi connectivity index (χ0v) is 18.4. The van der Waals surface area contributed by atoms with Crippen molar-refractivity contribution in [3.63, 3.8) is 0 Å². The Balaban J connectivity index is 2.81. The Morgan fingerprint density at radius 2 is 1.50 bits per heavy atom. The maximum atomic E-state index is 12.8. The lowest BCUT2D eigenvalue weighted by Gasteiger charge is -2.22. The average Bonchev–Trinajstić information content (AvgIpc) is 2.78. The molecule has 0 aliphatic heterocycles. The number of amides is 4. The highest BCUT2D eigenvalue weighted by atomic mass is 16.4. The van der Waals surface area contributed by atoms with Crippen LogP contribution in [0.3, 0.4) is 0 Å². The molecule has 3 atom stereocenters. The average molecular weight is 479 g/mol. The van der Waals surface area contributed by atoms with E-state index in [2.05, 4.69) is 16.0 Å². The van der Waals surface area contributed by atoms with Crippen LogP contribution in [0.2, 0.25) is 0 Å². The molecule has 0 fully saturated rings. The molecular formula is C21H29N5O8. The van der Waals surface area contributed by atoms with Gasteiger partial charge in [-0.3, -0.25) is 24.0 Å². The van der Waals surface area contributed by atoms with Crippen molar-refractivity contribution in [3.8, 4) is 0 Å². The van der Waals surface area contributed by atoms with Crippen LogP contribution in [0.5, 0.6) is 0 Å². The Hall–Kier alpha value is -4.00. The Morgan fingerprint density at radius 3 is 2.06 bits per heavy atom. The van der Waals surface area contributed by atoms with Gasteiger partial charge in [-0.15, -0.1) is 0 Å². The molecule has 0 aromatic heterocycles. The summed E-state index contributed by atoms with van der Waals surface area (Å²) in [6.45, 7) is -0.525. The van der Waals surface area contributed by atoms with Gasteiger partial charge in [0.2, 0.25) is 23.6 Å². The highest BCUT2D eigenvalue weighted by Crippen LogP contribution is 2.06. The minimum absolute atomic E-state index is 0.00521. The molecule has 4 amide bonds. The first kappa shape index (κ1) is 28.0. The Labute approximate surface area is 195 Å². The number of nitrogens with one attached hydrogen (secondary N) is 3. The van der Waals surface area contributed by atoms with E-state index in [1.165, 1.54) is 0 Å². The summed E-state index contributed by atoms with van der Waals surface area (Å²) in [7, 11) is 0. The van der Waals surface area contributed by atoms with Crippen molar-refractivity contribution >= 4 is 35.6 Å². The summed E-state index contributed by atoms with van der Waals surface area (Å²) in [5, 5.41) is 25.0. The lowest BCUT2D eigenvalue weighted by atomic mass is 10.0. The molecular weight excluding hydrogens is 450 g/mol. The summed E-state index contributed by atoms with van der Waals surface area (Å²) in [6, 6.07) is 4.84. The second-order valence-corrected chi connectivity index (χ2v) is 7.47. The summed E-state index contributed by atoms with van der Waals surface area (Å²) in [6.07, 6.45) is -0.923. The molecule has 13 nitrogen and oxygen atoms in total. The van der Waals surface area contributed by atoms with Gasteiger partial charge in [-0.05, 0) is 18.4 Å². The van der Waals surface area contributed by atoms with Crippen LogP contribution in [-0.4, -0.2) is 70.5 Å². The van der Waals surface area contributed by atoms with Crippen LogP contribution >= 0.6 is 0 Å². The van der Waals surface area contributed by atoms with Crippen LogP contribution in [-0.2, 0) is 35.2 Å². The van der Waals surface area contributed by atoms with Gasteiger partial charge in [0.25, 0.3) is 0 Å². The van der Waals surface area contributed by atoms with E-state index in [4.69, 9.17) is 16.6 Å². The minimum Gasteiger partial charge on any atom is -0.481 e. The predicted molar refractivity (Wildman–Crippen MR) is 118 cm³/mol. The van der Waals surface area contributed by atoms with E-state index in [-0.39, 0.29) is 25.7 Å². The SMILES string of the molecule is NC(=O)CCC(N)C(=O)NCC(=O)NC(Cc1ccccc1)C(=O)NC(CCC(=O)O)C(=O)O. The monoisotopic (exact) mass is 479 g/mol. The van der Waals surface area contributed by atoms with Crippen LogP contribution in [0.25, 0.3) is 0 Å². The van der Waals surface area contributed by atoms with Crippen molar-refractivity contribution in [1.82, 2.24) is 16.0 Å². The standard InChI is InChI=1S/C21H29N5O8/c22-13(6-8-16(23)27)19(31)24-11-17(28)25-15(10-12-4-2-1-3-5-12)20(32)26-14(21(33)34)7-9-18(29)30/h1-5,13-15H,6-11,22H2,(H2,23,27)(H,24,31)(H,25,28)(H,26,32)(H,29,30)(H,33,34). The van der Waals surface area contributed by atoms with Gasteiger partial charge >= 0.3 is 11.9 Å². The third-order valence-electron chi connectivity index (χ3n) is 4.66. The molecule has 0 heterocycles. The number of nitrogens with two attached hydrogens (primary N) is 2. The van der Waals surface area contributed by atoms with E-state index >= 15 is 0 Å². The number of hydrogen-bond acceptors (Lipinski definition) is 7. The normalized spacial score (nSPS) is 13.1. The second-order valence-electron chi connectivity index (χ2n) is 7.47. The lowest BCUT2D eigenvalue weighted by Crippen LogP contribution is -2.54. The molecule has 0 aliphatic rings. The van der Waals surface area contributed by atoms with Crippen molar-refractivity contribution in [2.45, 2.75) is 50.2 Å². The Kier molecular flexibility index (Phi) is 11.7. The fourth-order valence-electron chi connectivity index (χ4n) is 2.83. The zero-order valence-electron chi connectivity index (χ0n) is 18.4. The number of primary amides is 1. The first-order valence-electron chi connectivity index (χ1n) is 10.4. The van der Waals surface area contributed by atoms with Crippen LogP contribution in [0.4, 0.5) is 0 Å². The molecule has 13 heteroatoms. The van der Waals surface area contributed by atoms with Crippen molar-refractivity contribution in [1.29, 1.82) is 0 Å². The molecule has 0 aliphatic carbocycles. The molecule has 0 bridgehead atoms. The Morgan fingerprint density at radius 1 is 0.853 bits per heavy atom. The second kappa shape index (κ2) is 14.2. The number of aliphatic carboxylic acids is 2. The largest absolute Gasteiger partial charge is 0.481 e. The van der Waals surface area contributed by atoms with Crippen molar-refractivity contribution < 1.29 is 39.0 Å². The topological polar surface area (TPSA) is 231 Å². The maximum Gasteiger partial charge on any atom is 0.326 e. The fraction of sp³-hybridized carbons (Fsp3) is 0.429. The van der Waals surface area contributed by atoms with Gasteiger partial charge in [0, 0.05) is 19.3 Å². The van der Waals surface area contributed by atoms with E-state index in [9.17, 15) is 33.9 Å². The molecule has 0 spiro atoms. The third-order valence-corrected chi connectivity index (χ3v) is 4.66. The maximum absolute atomic E-state index is 12.8. The van der Waals surface area contributed by atoms with E-state index < -0.39 is 66.7 Å². The molecule has 9 N–H and O–H groups in total. The van der Waals surface area contributed by atoms with Gasteiger partial charge < -0.3 is 37.6 Å². The smallest absolute Gasteiger partial charge is 0.326 e. The fourth-order valence-corrected chi connectivity index (χ4v) is 2.83. The summed E-state index contributed by atoms with van der Waals surface area (Å²) in [4.78, 5) is 70.0. The molecule has 186 valence electrons. The van der Waals surface area contributed by atoms with Gasteiger partial charge in [0.05, 0.1) is 12.6 Å². The molecule has 3 unspecified atom stereocenters. The van der Waals surface area contributed by atoms with E-state index in [1.54, 1.807) is 30.3 Å². The number of carboxylic acid groups (broad SMARTS) is 2. The van der Waals surface area contributed by atoms with Crippen molar-refractivity contribution in [2.24, 2.45) is 11.5 Å². The van der Waals surface area contributed by atoms with Gasteiger partial charge in [-0.1, -0.05) is 30.3 Å². The summed E-state index contributed by atoms with van der Waals surface area (Å²) in [5.41, 5.74) is 11.3. The molecule has 1 aromatic rings. The summed E-state index contributed by atoms with van der Waals surface area (Å²) >= 11 is 0. The first-order valence-corrected chi connectivity index (χ1v) is 10.4. The third kappa shape index (κ3) is 11.0. The van der Waals surface area contributed by atoms with Gasteiger partial charge in [-0.25, -0.2) is 4.79 Å². The quantitative estimate of drug-likeness (QED) is 0.145. The molecule has 0 radical (unpaired) electrons. The van der Waals surface area contributed by atoms with Crippen molar-refractivity contribution in [3.05, 3.63) is 35.9 Å². The number of carbonyl (C=O) groups excluding carboxylic acids is 4. The van der Waals surface area contributed by atoms with E-state index in [0.29, 0.717) is 5.56 Å². The molecule has 0 saturated heterocycles. The number of carboxylic acids is 2. The number of carbonyl (C=O) groups is 6. The Bertz CT molecular complexity index is 892. The van der Waals surface area contributed by atoms with Gasteiger partial charge in [0.15, 0.2) is 0 Å². The highest BCUT2D eigenvalue weighted by molar-refractivity contribution is 5.92. The molecule has 0 saturated carbocycles. The number of benzene rings is 1. The number of rotatable bonds is 15. The van der Waals surface area contributed by atoms with Crippen LogP contribution in [0.15, 0.2) is 30.3 Å². The minimum atomic E-state index is -1.47. The van der Waals surface area contributed by atoms with Crippen LogP contribution in [0.1, 0.15) is 31.2 Å².